The molecule has 454 valence electrons. The minimum atomic E-state index is -5.36. The van der Waals surface area contributed by atoms with Gasteiger partial charge in [-0.3, -0.25) is 23.4 Å². The van der Waals surface area contributed by atoms with Crippen LogP contribution in [0, 0.1) is 0 Å². The lowest BCUT2D eigenvalue weighted by atomic mass is 9.92. The second-order valence-electron chi connectivity index (χ2n) is 21.3. The summed E-state index contributed by atoms with van der Waals surface area (Å²) in [6, 6.07) is -3.23. The maximum atomic E-state index is 13.9. The van der Waals surface area contributed by atoms with Gasteiger partial charge in [0.15, 0.2) is 6.29 Å². The van der Waals surface area contributed by atoms with E-state index in [2.05, 4.69) is 35.9 Å². The molecular formula is C53H102N2O20P2. The van der Waals surface area contributed by atoms with Gasteiger partial charge in [0.05, 0.1) is 44.8 Å². The van der Waals surface area contributed by atoms with Crippen LogP contribution in [0.3, 0.4) is 0 Å². The molecule has 77 heavy (non-hydrogen) atoms. The first-order valence-corrected chi connectivity index (χ1v) is 32.3. The first kappa shape index (κ1) is 71.4. The number of aliphatic hydroxyl groups excluding tert-OH is 5. The van der Waals surface area contributed by atoms with E-state index in [-0.39, 0.29) is 19.3 Å². The number of amides is 2. The molecule has 24 heteroatoms. The van der Waals surface area contributed by atoms with Crippen LogP contribution in [-0.4, -0.2) is 156 Å². The van der Waals surface area contributed by atoms with Crippen LogP contribution < -0.4 is 10.6 Å². The highest BCUT2D eigenvalue weighted by Gasteiger charge is 2.51. The molecule has 2 saturated heterocycles. The molecule has 2 aliphatic heterocycles. The maximum Gasteiger partial charge on any atom is 0.470 e. The summed E-state index contributed by atoms with van der Waals surface area (Å²) in [5.41, 5.74) is 0. The Bertz CT molecular complexity index is 1660. The SMILES string of the molecule is CCCCCCCCCCCC(=O)O[C@H](CCCCCCCCCCC)CC(=O)N[C@H]1[C@H](OC[C@H]2O[C@@H](COP(=O)(O)O)[C@H](NC(=O)C[C@H](O)CCCCCCCCCCC)[C@@H](O)[C@@H]2O)O[C@H](CO)[C@@H](OP(=O)(O)O)[C@@H]1O. The van der Waals surface area contributed by atoms with Crippen molar-refractivity contribution in [2.24, 2.45) is 0 Å². The number of hydrogen-bond acceptors (Lipinski definition) is 16. The van der Waals surface area contributed by atoms with E-state index >= 15 is 0 Å². The van der Waals surface area contributed by atoms with Gasteiger partial charge in [0.1, 0.15) is 54.9 Å². The molecule has 2 aliphatic rings. The summed E-state index contributed by atoms with van der Waals surface area (Å²) < 4.78 is 56.9. The lowest BCUT2D eigenvalue weighted by Gasteiger charge is -2.46. The molecule has 22 nitrogen and oxygen atoms in total. The molecule has 0 bridgehead atoms. The number of rotatable bonds is 46. The minimum absolute atomic E-state index is 0.159. The van der Waals surface area contributed by atoms with E-state index in [0.29, 0.717) is 32.1 Å². The van der Waals surface area contributed by atoms with Crippen molar-refractivity contribution < 1.29 is 96.6 Å². The number of carbonyl (C=O) groups is 3. The van der Waals surface area contributed by atoms with Crippen molar-refractivity contribution in [2.75, 3.05) is 19.8 Å². The van der Waals surface area contributed by atoms with Crippen molar-refractivity contribution in [2.45, 2.75) is 300 Å². The number of unbranched alkanes of at least 4 members (excludes halogenated alkanes) is 24. The zero-order chi connectivity index (χ0) is 57.1. The Hall–Kier alpha value is -1.69. The van der Waals surface area contributed by atoms with E-state index in [1.54, 1.807) is 0 Å². The van der Waals surface area contributed by atoms with E-state index in [1.165, 1.54) is 64.2 Å². The van der Waals surface area contributed by atoms with Gasteiger partial charge in [0.2, 0.25) is 11.8 Å². The van der Waals surface area contributed by atoms with Gasteiger partial charge in [0.25, 0.3) is 0 Å². The number of aliphatic hydroxyl groups is 5. The quantitative estimate of drug-likeness (QED) is 0.0167. The maximum absolute atomic E-state index is 13.9. The highest BCUT2D eigenvalue weighted by atomic mass is 31.2. The Morgan fingerprint density at radius 3 is 1.49 bits per heavy atom. The zero-order valence-corrected chi connectivity index (χ0v) is 48.4. The lowest BCUT2D eigenvalue weighted by molar-refractivity contribution is -0.284. The van der Waals surface area contributed by atoms with Crippen LogP contribution in [0.4, 0.5) is 0 Å². The number of esters is 1. The highest BCUT2D eigenvalue weighted by Crippen LogP contribution is 2.42. The van der Waals surface area contributed by atoms with E-state index in [9.17, 15) is 68.6 Å². The van der Waals surface area contributed by atoms with Crippen LogP contribution in [-0.2, 0) is 51.5 Å². The second-order valence-corrected chi connectivity index (χ2v) is 23.7. The van der Waals surface area contributed by atoms with Gasteiger partial charge in [-0.25, -0.2) is 9.13 Å². The minimum Gasteiger partial charge on any atom is -0.462 e. The van der Waals surface area contributed by atoms with Crippen molar-refractivity contribution in [1.29, 1.82) is 0 Å². The molecule has 0 saturated carbocycles. The van der Waals surface area contributed by atoms with Crippen molar-refractivity contribution in [3.05, 3.63) is 0 Å². The second kappa shape index (κ2) is 41.3. The number of nitrogens with one attached hydrogen (secondary N) is 2. The molecule has 0 aromatic heterocycles. The largest absolute Gasteiger partial charge is 0.470 e. The monoisotopic (exact) mass is 1150 g/mol. The number of phosphoric acid groups is 2. The lowest BCUT2D eigenvalue weighted by Crippen LogP contribution is -2.67. The Kier molecular flexibility index (Phi) is 38.3. The Balaban J connectivity index is 2.22. The predicted octanol–water partition coefficient (Wildman–Crippen LogP) is 6.94. The standard InChI is InChI=1S/C53H102N2O20P2/c1-4-7-10-13-16-19-22-25-28-31-39(57)34-44(58)54-47-42(38-71-76(64,65)66)73-43(49(61)50(47)62)37-70-53-48(51(63)52(41(36-56)74-53)75-77(67,68)69)55-45(59)35-40(32-29-26-23-20-17-14-11-8-5-2)72-46(60)33-30-27-24-21-18-15-12-9-6-3/h39-43,47-53,56-57,61-63H,4-38H2,1-3H3,(H,54,58)(H,55,59)(H2,64,65,66)(H2,67,68,69)/t39-,40-,41-,42+,43-,47+,48-,49-,50-,51-,52-,53-/m1/s1. The van der Waals surface area contributed by atoms with Crippen molar-refractivity contribution >= 4 is 33.4 Å². The summed E-state index contributed by atoms with van der Waals surface area (Å²) in [5, 5.41) is 60.2. The van der Waals surface area contributed by atoms with Crippen LogP contribution >= 0.6 is 15.6 Å². The summed E-state index contributed by atoms with van der Waals surface area (Å²) in [5.74, 6) is -2.00. The van der Waals surface area contributed by atoms with E-state index in [0.717, 1.165) is 89.9 Å². The Morgan fingerprint density at radius 2 is 1.00 bits per heavy atom. The van der Waals surface area contributed by atoms with Crippen LogP contribution in [0.2, 0.25) is 0 Å². The average Bonchev–Trinajstić information content (AvgIpc) is 3.37. The zero-order valence-electron chi connectivity index (χ0n) is 46.6. The van der Waals surface area contributed by atoms with E-state index < -0.39 is 127 Å². The topological polar surface area (TPSA) is 347 Å². The number of carbonyl (C=O) groups excluding carboxylic acids is 3. The molecular weight excluding hydrogens is 1050 g/mol. The molecule has 11 N–H and O–H groups in total. The predicted molar refractivity (Wildman–Crippen MR) is 288 cm³/mol. The molecule has 0 spiro atoms. The van der Waals surface area contributed by atoms with Crippen LogP contribution in [0.1, 0.15) is 226 Å². The van der Waals surface area contributed by atoms with Gasteiger partial charge in [-0.2, -0.15) is 0 Å². The number of ether oxygens (including phenoxy) is 4. The summed E-state index contributed by atoms with van der Waals surface area (Å²) >= 11 is 0. The molecule has 0 aliphatic carbocycles. The number of hydrogen-bond donors (Lipinski definition) is 11. The first-order chi connectivity index (χ1) is 36.7. The molecule has 0 aromatic carbocycles. The normalized spacial score (nSPS) is 24.8. The molecule has 0 radical (unpaired) electrons. The summed E-state index contributed by atoms with van der Waals surface area (Å²) in [4.78, 5) is 78.8. The number of phosphoric ester groups is 2. The smallest absolute Gasteiger partial charge is 0.462 e. The summed E-state index contributed by atoms with van der Waals surface area (Å²) in [6.45, 7) is 3.86. The van der Waals surface area contributed by atoms with E-state index in [1.807, 2.05) is 0 Å². The third-order valence-corrected chi connectivity index (χ3v) is 15.3. The van der Waals surface area contributed by atoms with Crippen LogP contribution in [0.25, 0.3) is 0 Å². The molecule has 2 fully saturated rings. The third kappa shape index (κ3) is 32.5. The molecule has 12 atom stereocenters. The molecule has 2 amide bonds. The first-order valence-electron chi connectivity index (χ1n) is 29.2. The van der Waals surface area contributed by atoms with Crippen LogP contribution in [0.5, 0.6) is 0 Å². The van der Waals surface area contributed by atoms with Crippen molar-refractivity contribution in [1.82, 2.24) is 10.6 Å². The molecule has 0 unspecified atom stereocenters. The van der Waals surface area contributed by atoms with Gasteiger partial charge >= 0.3 is 21.6 Å². The Labute approximate surface area is 458 Å². The highest BCUT2D eigenvalue weighted by molar-refractivity contribution is 7.46. The van der Waals surface area contributed by atoms with Gasteiger partial charge in [-0.15, -0.1) is 0 Å². The van der Waals surface area contributed by atoms with E-state index in [4.69, 9.17) is 23.5 Å². The fourth-order valence-corrected chi connectivity index (χ4v) is 10.8. The van der Waals surface area contributed by atoms with Gasteiger partial charge < -0.3 is 74.7 Å². The summed E-state index contributed by atoms with van der Waals surface area (Å²) in [7, 11) is -10.5. The fraction of sp³-hybridized carbons (Fsp3) is 0.943. The average molecular weight is 1150 g/mol. The molecule has 0 aromatic rings. The van der Waals surface area contributed by atoms with Crippen molar-refractivity contribution in [3.63, 3.8) is 0 Å². The summed E-state index contributed by atoms with van der Waals surface area (Å²) in [6.07, 6.45) is 12.2. The van der Waals surface area contributed by atoms with Crippen molar-refractivity contribution in [3.8, 4) is 0 Å². The fourth-order valence-electron chi connectivity index (χ4n) is 9.93. The third-order valence-electron chi connectivity index (χ3n) is 14.3. The molecule has 2 rings (SSSR count). The molecule has 2 heterocycles. The van der Waals surface area contributed by atoms with Gasteiger partial charge in [-0.05, 0) is 25.7 Å². The van der Waals surface area contributed by atoms with Crippen LogP contribution in [0.15, 0.2) is 0 Å². The van der Waals surface area contributed by atoms with Gasteiger partial charge in [0, 0.05) is 6.42 Å². The van der Waals surface area contributed by atoms with Gasteiger partial charge in [-0.1, -0.05) is 181 Å². The Morgan fingerprint density at radius 1 is 0.532 bits per heavy atom.